The number of carbonyl (C=O) groups excluding carboxylic acids is 1. The van der Waals surface area contributed by atoms with E-state index in [9.17, 15) is 4.79 Å². The van der Waals surface area contributed by atoms with Gasteiger partial charge in [0.05, 0.1) is 25.0 Å². The Kier molecular flexibility index (Phi) is 6.49. The van der Waals surface area contributed by atoms with Gasteiger partial charge in [0.1, 0.15) is 11.8 Å². The molecule has 3 aromatic heterocycles. The normalized spacial score (nSPS) is 18.1. The van der Waals surface area contributed by atoms with Gasteiger partial charge in [-0.05, 0) is 38.8 Å². The van der Waals surface area contributed by atoms with Crippen LogP contribution < -0.4 is 0 Å². The molecule has 1 aliphatic heterocycles. The minimum Gasteiger partial charge on any atom is -0.444 e. The van der Waals surface area contributed by atoms with Gasteiger partial charge < -0.3 is 9.64 Å². The van der Waals surface area contributed by atoms with Crippen molar-refractivity contribution in [2.45, 2.75) is 45.0 Å². The maximum Gasteiger partial charge on any atom is 0.410 e. The number of hydrogen-bond acceptors (Lipinski definition) is 6. The van der Waals surface area contributed by atoms with E-state index >= 15 is 4.39 Å². The molecule has 0 spiro atoms. The summed E-state index contributed by atoms with van der Waals surface area (Å²) in [6.07, 6.45) is 9.49. The lowest BCUT2D eigenvalue weighted by molar-refractivity contribution is 0.00576. The Hall–Kier alpha value is -4.08. The van der Waals surface area contributed by atoms with Gasteiger partial charge in [0.15, 0.2) is 5.82 Å². The van der Waals surface area contributed by atoms with Gasteiger partial charge in [-0.1, -0.05) is 18.2 Å². The fourth-order valence-electron chi connectivity index (χ4n) is 4.39. The Balaban J connectivity index is 1.27. The number of halogens is 1. The first-order chi connectivity index (χ1) is 17.7. The van der Waals surface area contributed by atoms with Gasteiger partial charge in [0, 0.05) is 60.6 Å². The summed E-state index contributed by atoms with van der Waals surface area (Å²) in [5.74, 6) is 0.611. The smallest absolute Gasteiger partial charge is 0.410 e. The van der Waals surface area contributed by atoms with E-state index in [1.807, 2.05) is 49.9 Å². The third kappa shape index (κ3) is 5.52. The molecule has 192 valence electrons. The van der Waals surface area contributed by atoms with E-state index in [2.05, 4.69) is 20.2 Å². The second-order valence-corrected chi connectivity index (χ2v) is 10.3. The number of amides is 1. The number of benzene rings is 1. The fraction of sp³-hybridized carbons (Fsp3) is 0.370. The fourth-order valence-corrected chi connectivity index (χ4v) is 4.39. The van der Waals surface area contributed by atoms with Crippen LogP contribution in [-0.4, -0.2) is 65.4 Å². The number of aryl methyl sites for hydroxylation is 1. The average Bonchev–Trinajstić information content (AvgIpc) is 3.53. The summed E-state index contributed by atoms with van der Waals surface area (Å²) >= 11 is 0. The van der Waals surface area contributed by atoms with Crippen molar-refractivity contribution in [3.63, 3.8) is 0 Å². The molecule has 1 aromatic carbocycles. The number of piperidine rings is 1. The summed E-state index contributed by atoms with van der Waals surface area (Å²) in [6.45, 7) is 5.78. The largest absolute Gasteiger partial charge is 0.444 e. The van der Waals surface area contributed by atoms with Crippen LogP contribution in [0.25, 0.3) is 33.6 Å². The maximum atomic E-state index is 15.0. The van der Waals surface area contributed by atoms with Crippen molar-refractivity contribution in [1.82, 2.24) is 34.4 Å². The molecule has 0 saturated carbocycles. The number of aromatic nitrogens is 6. The van der Waals surface area contributed by atoms with E-state index in [4.69, 9.17) is 4.74 Å². The highest BCUT2D eigenvalue weighted by molar-refractivity contribution is 5.70. The van der Waals surface area contributed by atoms with Gasteiger partial charge in [-0.15, -0.1) is 0 Å². The molecule has 0 aliphatic carbocycles. The van der Waals surface area contributed by atoms with Crippen LogP contribution in [-0.2, 0) is 11.8 Å². The summed E-state index contributed by atoms with van der Waals surface area (Å²) in [4.78, 5) is 22.9. The Labute approximate surface area is 214 Å². The van der Waals surface area contributed by atoms with Crippen LogP contribution in [0.1, 0.15) is 33.2 Å². The van der Waals surface area contributed by atoms with E-state index in [0.717, 1.165) is 27.8 Å². The standard InChI is InChI=1S/C27H30FN7O2/c1-27(2,3)37-26(36)34-9-8-24(23(28)17-34)35-16-22(14-32-35)20-11-29-25(30-12-20)19-7-5-6-18(10-19)21-13-31-33(4)15-21/h5-7,10-16,23-24H,8-9,17H2,1-4H3/t23-,24?/m0/s1. The van der Waals surface area contributed by atoms with Gasteiger partial charge in [0.2, 0.25) is 0 Å². The van der Waals surface area contributed by atoms with Gasteiger partial charge in [-0.25, -0.2) is 19.2 Å². The lowest BCUT2D eigenvalue weighted by Gasteiger charge is -2.35. The SMILES string of the molecule is Cn1cc(-c2cccc(-c3ncc(-c4cnn(C5CCN(C(=O)OC(C)(C)C)C[C@@H]5F)c4)cn3)c2)cn1. The van der Waals surface area contributed by atoms with Crippen LogP contribution in [0.4, 0.5) is 9.18 Å². The molecule has 5 rings (SSSR count). The molecule has 10 heteroatoms. The molecular weight excluding hydrogens is 473 g/mol. The number of nitrogens with zero attached hydrogens (tertiary/aromatic N) is 7. The lowest BCUT2D eigenvalue weighted by Crippen LogP contribution is -2.47. The minimum absolute atomic E-state index is 0.0231. The van der Waals surface area contributed by atoms with Crippen LogP contribution in [0, 0.1) is 0 Å². The molecule has 2 atom stereocenters. The highest BCUT2D eigenvalue weighted by Crippen LogP contribution is 2.29. The first-order valence-corrected chi connectivity index (χ1v) is 12.2. The number of hydrogen-bond donors (Lipinski definition) is 0. The molecular formula is C27H30FN7O2. The molecule has 0 N–H and O–H groups in total. The third-order valence-corrected chi connectivity index (χ3v) is 6.24. The molecule has 1 fully saturated rings. The van der Waals surface area contributed by atoms with E-state index in [1.165, 1.54) is 4.90 Å². The number of carbonyl (C=O) groups is 1. The molecule has 4 aromatic rings. The molecule has 0 radical (unpaired) electrons. The topological polar surface area (TPSA) is 91.0 Å². The monoisotopic (exact) mass is 503 g/mol. The van der Waals surface area contributed by atoms with Crippen LogP contribution in [0.5, 0.6) is 0 Å². The van der Waals surface area contributed by atoms with Crippen molar-refractivity contribution < 1.29 is 13.9 Å². The zero-order valence-electron chi connectivity index (χ0n) is 21.4. The summed E-state index contributed by atoms with van der Waals surface area (Å²) in [5.41, 5.74) is 3.95. The minimum atomic E-state index is -1.25. The van der Waals surface area contributed by atoms with Crippen LogP contribution >= 0.6 is 0 Å². The highest BCUT2D eigenvalue weighted by atomic mass is 19.1. The molecule has 1 amide bonds. The second-order valence-electron chi connectivity index (χ2n) is 10.3. The predicted molar refractivity (Wildman–Crippen MR) is 137 cm³/mol. The third-order valence-electron chi connectivity index (χ3n) is 6.24. The van der Waals surface area contributed by atoms with Crippen LogP contribution in [0.15, 0.2) is 61.4 Å². The van der Waals surface area contributed by atoms with Crippen molar-refractivity contribution in [1.29, 1.82) is 0 Å². The molecule has 0 bridgehead atoms. The van der Waals surface area contributed by atoms with Crippen molar-refractivity contribution >= 4 is 6.09 Å². The van der Waals surface area contributed by atoms with Gasteiger partial charge in [-0.2, -0.15) is 10.2 Å². The highest BCUT2D eigenvalue weighted by Gasteiger charge is 2.35. The maximum absolute atomic E-state index is 15.0. The van der Waals surface area contributed by atoms with Crippen molar-refractivity contribution in [3.05, 3.63) is 61.4 Å². The van der Waals surface area contributed by atoms with E-state index < -0.39 is 23.9 Å². The summed E-state index contributed by atoms with van der Waals surface area (Å²) < 4.78 is 23.8. The summed E-state index contributed by atoms with van der Waals surface area (Å²) in [7, 11) is 1.89. The molecule has 37 heavy (non-hydrogen) atoms. The Bertz CT molecular complexity index is 1390. The van der Waals surface area contributed by atoms with E-state index in [1.54, 1.807) is 48.7 Å². The number of likely N-dealkylation sites (tertiary alicyclic amines) is 1. The van der Waals surface area contributed by atoms with E-state index in [-0.39, 0.29) is 6.54 Å². The quantitative estimate of drug-likeness (QED) is 0.392. The number of alkyl halides is 1. The van der Waals surface area contributed by atoms with Crippen molar-refractivity contribution in [2.75, 3.05) is 13.1 Å². The van der Waals surface area contributed by atoms with Gasteiger partial charge in [-0.3, -0.25) is 9.36 Å². The first-order valence-electron chi connectivity index (χ1n) is 12.2. The molecule has 1 aliphatic rings. The zero-order valence-corrected chi connectivity index (χ0v) is 21.4. The predicted octanol–water partition coefficient (Wildman–Crippen LogP) is 4.93. The summed E-state index contributed by atoms with van der Waals surface area (Å²) in [6, 6.07) is 7.55. The second kappa shape index (κ2) is 9.76. The Morgan fingerprint density at radius 1 is 0.973 bits per heavy atom. The molecule has 9 nitrogen and oxygen atoms in total. The summed E-state index contributed by atoms with van der Waals surface area (Å²) in [5, 5.41) is 8.64. The Morgan fingerprint density at radius 3 is 2.35 bits per heavy atom. The molecule has 1 saturated heterocycles. The molecule has 1 unspecified atom stereocenters. The van der Waals surface area contributed by atoms with Crippen LogP contribution in [0.2, 0.25) is 0 Å². The first kappa shape index (κ1) is 24.6. The van der Waals surface area contributed by atoms with Gasteiger partial charge in [0.25, 0.3) is 0 Å². The van der Waals surface area contributed by atoms with Crippen LogP contribution in [0.3, 0.4) is 0 Å². The van der Waals surface area contributed by atoms with Crippen molar-refractivity contribution in [3.8, 4) is 33.6 Å². The Morgan fingerprint density at radius 2 is 1.68 bits per heavy atom. The number of rotatable bonds is 4. The van der Waals surface area contributed by atoms with Gasteiger partial charge >= 0.3 is 6.09 Å². The average molecular weight is 504 g/mol. The zero-order chi connectivity index (χ0) is 26.2. The lowest BCUT2D eigenvalue weighted by atomic mass is 10.0. The molecule has 4 heterocycles. The van der Waals surface area contributed by atoms with E-state index in [0.29, 0.717) is 18.8 Å². The van der Waals surface area contributed by atoms with Crippen molar-refractivity contribution in [2.24, 2.45) is 7.05 Å². The number of ether oxygens (including phenoxy) is 1.